The molecular weight excluding hydrogens is 274 g/mol. The first-order valence-electron chi connectivity index (χ1n) is 6.23. The highest BCUT2D eigenvalue weighted by molar-refractivity contribution is 5.89. The molecule has 1 N–H and O–H groups in total. The Hall–Kier alpha value is -2.73. The average molecular weight is 287 g/mol. The topological polar surface area (TPSA) is 89.7 Å². The first-order chi connectivity index (χ1) is 10.1. The van der Waals surface area contributed by atoms with Gasteiger partial charge in [-0.1, -0.05) is 30.3 Å². The van der Waals surface area contributed by atoms with Crippen LogP contribution in [0.4, 0.5) is 5.69 Å². The highest BCUT2D eigenvalue weighted by Gasteiger charge is 2.17. The van der Waals surface area contributed by atoms with Crippen LogP contribution in [0.2, 0.25) is 0 Å². The lowest BCUT2D eigenvalue weighted by Gasteiger charge is -2.15. The van der Waals surface area contributed by atoms with Crippen molar-refractivity contribution in [2.75, 3.05) is 6.61 Å². The van der Waals surface area contributed by atoms with Crippen LogP contribution < -0.4 is 0 Å². The van der Waals surface area contributed by atoms with Crippen LogP contribution in [0.15, 0.2) is 54.6 Å². The zero-order valence-corrected chi connectivity index (χ0v) is 11.0. The largest absolute Gasteiger partial charge is 0.451 e. The number of aliphatic hydroxyl groups excluding tert-OH is 1. The van der Waals surface area contributed by atoms with Crippen LogP contribution in [0.1, 0.15) is 22.0 Å². The third-order valence-corrected chi connectivity index (χ3v) is 2.90. The van der Waals surface area contributed by atoms with E-state index in [4.69, 9.17) is 4.74 Å². The van der Waals surface area contributed by atoms with E-state index in [0.717, 1.165) is 0 Å². The minimum absolute atomic E-state index is 0.103. The lowest BCUT2D eigenvalue weighted by Crippen LogP contribution is -2.14. The lowest BCUT2D eigenvalue weighted by atomic mass is 10.1. The SMILES string of the molecule is O=C(OC(CO)c1ccccc1)c1ccc([N+](=O)[O-])cc1. The number of aliphatic hydroxyl groups is 1. The van der Waals surface area contributed by atoms with Gasteiger partial charge in [0.05, 0.1) is 17.1 Å². The highest BCUT2D eigenvalue weighted by Crippen LogP contribution is 2.19. The molecule has 0 amide bonds. The number of nitro groups is 1. The van der Waals surface area contributed by atoms with Crippen molar-refractivity contribution >= 4 is 11.7 Å². The molecule has 21 heavy (non-hydrogen) atoms. The van der Waals surface area contributed by atoms with Crippen LogP contribution in [0, 0.1) is 10.1 Å². The van der Waals surface area contributed by atoms with E-state index in [1.54, 1.807) is 24.3 Å². The number of esters is 1. The second-order valence-corrected chi connectivity index (χ2v) is 4.29. The van der Waals surface area contributed by atoms with Crippen LogP contribution in [-0.4, -0.2) is 22.6 Å². The minimum Gasteiger partial charge on any atom is -0.451 e. The van der Waals surface area contributed by atoms with Crippen molar-refractivity contribution in [1.82, 2.24) is 0 Å². The van der Waals surface area contributed by atoms with Crippen molar-refractivity contribution in [3.63, 3.8) is 0 Å². The smallest absolute Gasteiger partial charge is 0.338 e. The number of carbonyl (C=O) groups excluding carboxylic acids is 1. The molecule has 6 heteroatoms. The summed E-state index contributed by atoms with van der Waals surface area (Å²) in [5.74, 6) is -0.646. The summed E-state index contributed by atoms with van der Waals surface area (Å²) in [4.78, 5) is 22.0. The van der Waals surface area contributed by atoms with Crippen LogP contribution in [0.25, 0.3) is 0 Å². The number of hydrogen-bond acceptors (Lipinski definition) is 5. The first-order valence-corrected chi connectivity index (χ1v) is 6.23. The van der Waals surface area contributed by atoms with Gasteiger partial charge in [0.1, 0.15) is 0 Å². The fraction of sp³-hybridized carbons (Fsp3) is 0.133. The summed E-state index contributed by atoms with van der Waals surface area (Å²) in [6, 6.07) is 13.9. The van der Waals surface area contributed by atoms with Gasteiger partial charge in [-0.2, -0.15) is 0 Å². The summed E-state index contributed by atoms with van der Waals surface area (Å²) < 4.78 is 5.21. The molecule has 0 saturated heterocycles. The van der Waals surface area contributed by atoms with E-state index < -0.39 is 17.0 Å². The van der Waals surface area contributed by atoms with E-state index >= 15 is 0 Å². The van der Waals surface area contributed by atoms with E-state index in [1.807, 2.05) is 6.07 Å². The van der Waals surface area contributed by atoms with Crippen LogP contribution in [0.3, 0.4) is 0 Å². The quantitative estimate of drug-likeness (QED) is 0.518. The standard InChI is InChI=1S/C15H13NO5/c17-10-14(11-4-2-1-3-5-11)21-15(18)12-6-8-13(9-7-12)16(19)20/h1-9,14,17H,10H2. The van der Waals surface area contributed by atoms with Crippen molar-refractivity contribution in [2.45, 2.75) is 6.10 Å². The van der Waals surface area contributed by atoms with Crippen molar-refractivity contribution in [2.24, 2.45) is 0 Å². The van der Waals surface area contributed by atoms with Gasteiger partial charge in [0.15, 0.2) is 6.10 Å². The van der Waals surface area contributed by atoms with Gasteiger partial charge in [-0.05, 0) is 17.7 Å². The fourth-order valence-electron chi connectivity index (χ4n) is 1.79. The zero-order chi connectivity index (χ0) is 15.2. The lowest BCUT2D eigenvalue weighted by molar-refractivity contribution is -0.384. The van der Waals surface area contributed by atoms with E-state index in [1.165, 1.54) is 24.3 Å². The molecule has 0 radical (unpaired) electrons. The van der Waals surface area contributed by atoms with E-state index in [2.05, 4.69) is 0 Å². The average Bonchev–Trinajstić information content (AvgIpc) is 2.53. The molecule has 2 rings (SSSR count). The summed E-state index contributed by atoms with van der Waals surface area (Å²) in [6.45, 7) is -0.345. The zero-order valence-electron chi connectivity index (χ0n) is 11.0. The van der Waals surface area contributed by atoms with Gasteiger partial charge in [-0.25, -0.2) is 4.79 Å². The molecule has 2 aromatic rings. The van der Waals surface area contributed by atoms with E-state index in [0.29, 0.717) is 5.56 Å². The monoisotopic (exact) mass is 287 g/mol. The molecule has 6 nitrogen and oxygen atoms in total. The Labute approximate surface area is 120 Å². The number of hydrogen-bond donors (Lipinski definition) is 1. The van der Waals surface area contributed by atoms with Gasteiger partial charge >= 0.3 is 5.97 Å². The minimum atomic E-state index is -0.770. The Morgan fingerprint density at radius 1 is 1.14 bits per heavy atom. The van der Waals surface area contributed by atoms with Crippen LogP contribution in [-0.2, 0) is 4.74 Å². The van der Waals surface area contributed by atoms with Crippen LogP contribution >= 0.6 is 0 Å². The number of non-ortho nitro benzene ring substituents is 1. The number of nitrogens with zero attached hydrogens (tertiary/aromatic N) is 1. The Bertz CT molecular complexity index is 624. The Morgan fingerprint density at radius 3 is 2.29 bits per heavy atom. The third kappa shape index (κ3) is 3.64. The van der Waals surface area contributed by atoms with Crippen molar-refractivity contribution in [1.29, 1.82) is 0 Å². The molecule has 0 aliphatic carbocycles. The second kappa shape index (κ2) is 6.62. The molecule has 0 aliphatic heterocycles. The molecule has 0 fully saturated rings. The third-order valence-electron chi connectivity index (χ3n) is 2.90. The molecule has 108 valence electrons. The molecule has 0 spiro atoms. The molecule has 2 aromatic carbocycles. The Morgan fingerprint density at radius 2 is 1.76 bits per heavy atom. The predicted molar refractivity (Wildman–Crippen MR) is 74.8 cm³/mol. The highest BCUT2D eigenvalue weighted by atomic mass is 16.6. The summed E-state index contributed by atoms with van der Waals surface area (Å²) in [6.07, 6.45) is -0.770. The van der Waals surface area contributed by atoms with E-state index in [-0.39, 0.29) is 17.9 Å². The Balaban J connectivity index is 2.11. The molecule has 1 atom stereocenters. The summed E-state index contributed by atoms with van der Waals surface area (Å²) in [7, 11) is 0. The molecule has 0 aliphatic rings. The number of carbonyl (C=O) groups is 1. The molecule has 1 unspecified atom stereocenters. The normalized spacial score (nSPS) is 11.7. The second-order valence-electron chi connectivity index (χ2n) is 4.29. The molecule has 0 heterocycles. The Kier molecular flexibility index (Phi) is 4.63. The summed E-state index contributed by atoms with van der Waals surface area (Å²) in [5.41, 5.74) is 0.763. The number of rotatable bonds is 5. The van der Waals surface area contributed by atoms with Crippen molar-refractivity contribution in [3.8, 4) is 0 Å². The van der Waals surface area contributed by atoms with Gasteiger partial charge in [0.2, 0.25) is 0 Å². The molecule has 0 bridgehead atoms. The number of ether oxygens (including phenoxy) is 1. The van der Waals surface area contributed by atoms with Crippen molar-refractivity contribution < 1.29 is 19.6 Å². The maximum absolute atomic E-state index is 12.0. The molecule has 0 aromatic heterocycles. The van der Waals surface area contributed by atoms with Gasteiger partial charge in [0.25, 0.3) is 5.69 Å². The summed E-state index contributed by atoms with van der Waals surface area (Å²) >= 11 is 0. The van der Waals surface area contributed by atoms with Gasteiger partial charge < -0.3 is 9.84 Å². The van der Waals surface area contributed by atoms with E-state index in [9.17, 15) is 20.0 Å². The fourth-order valence-corrected chi connectivity index (χ4v) is 1.79. The van der Waals surface area contributed by atoms with Gasteiger partial charge in [-0.15, -0.1) is 0 Å². The number of nitro benzene ring substituents is 1. The maximum atomic E-state index is 12.0. The van der Waals surface area contributed by atoms with Crippen LogP contribution in [0.5, 0.6) is 0 Å². The first kappa shape index (κ1) is 14.7. The predicted octanol–water partition coefficient (Wildman–Crippen LogP) is 2.49. The molecular formula is C15H13NO5. The summed E-state index contributed by atoms with van der Waals surface area (Å²) in [5, 5.41) is 19.9. The maximum Gasteiger partial charge on any atom is 0.338 e. The van der Waals surface area contributed by atoms with Gasteiger partial charge in [-0.3, -0.25) is 10.1 Å². The van der Waals surface area contributed by atoms with Gasteiger partial charge in [0, 0.05) is 12.1 Å². The number of benzene rings is 2. The van der Waals surface area contributed by atoms with Crippen molar-refractivity contribution in [3.05, 3.63) is 75.8 Å². The molecule has 0 saturated carbocycles.